The molecule has 1 atom stereocenters. The second kappa shape index (κ2) is 5.03. The summed E-state index contributed by atoms with van der Waals surface area (Å²) in [5.41, 5.74) is 0.487. The molecule has 2 aromatic heterocycles. The van der Waals surface area contributed by atoms with Crippen LogP contribution in [-0.4, -0.2) is 42.4 Å². The largest absolute Gasteiger partial charge is 0.481 e. The molecule has 2 heterocycles. The Morgan fingerprint density at radius 2 is 2.16 bits per heavy atom. The third-order valence-corrected chi connectivity index (χ3v) is 3.42. The van der Waals surface area contributed by atoms with Gasteiger partial charge >= 0.3 is 12.1 Å². The lowest BCUT2D eigenvalue weighted by Crippen LogP contribution is -2.28. The van der Waals surface area contributed by atoms with Crippen LogP contribution in [0.15, 0.2) is 17.7 Å². The molecule has 0 aromatic carbocycles. The van der Waals surface area contributed by atoms with Crippen molar-refractivity contribution in [3.63, 3.8) is 0 Å². The number of imidazole rings is 1. The van der Waals surface area contributed by atoms with E-state index in [0.717, 1.165) is 6.33 Å². The average Bonchev–Trinajstić information content (AvgIpc) is 2.75. The van der Waals surface area contributed by atoms with Gasteiger partial charge in [-0.2, -0.15) is 13.2 Å². The first kappa shape index (κ1) is 13.6. The van der Waals surface area contributed by atoms with Crippen molar-refractivity contribution in [2.75, 3.05) is 0 Å². The number of aromatic amines is 1. The highest BCUT2D eigenvalue weighted by atomic mass is 32.2. The van der Waals surface area contributed by atoms with Crippen molar-refractivity contribution in [2.45, 2.75) is 22.9 Å². The normalized spacial score (nSPS) is 13.6. The Morgan fingerprint density at radius 1 is 1.42 bits per heavy atom. The predicted molar refractivity (Wildman–Crippen MR) is 59.6 cm³/mol. The van der Waals surface area contributed by atoms with Crippen molar-refractivity contribution >= 4 is 28.9 Å². The number of carboxylic acid groups (broad SMARTS) is 1. The zero-order chi connectivity index (χ0) is 14.0. The quantitative estimate of drug-likeness (QED) is 0.660. The monoisotopic (exact) mass is 292 g/mol. The van der Waals surface area contributed by atoms with Gasteiger partial charge in [0, 0.05) is 0 Å². The van der Waals surface area contributed by atoms with Gasteiger partial charge in [0.2, 0.25) is 0 Å². The number of carboxylic acids is 1. The van der Waals surface area contributed by atoms with Gasteiger partial charge in [0.1, 0.15) is 22.1 Å². The molecule has 102 valence electrons. The molecule has 0 saturated heterocycles. The first-order valence-corrected chi connectivity index (χ1v) is 5.85. The number of rotatable bonds is 4. The van der Waals surface area contributed by atoms with Gasteiger partial charge in [0.25, 0.3) is 0 Å². The van der Waals surface area contributed by atoms with E-state index in [2.05, 4.69) is 19.9 Å². The number of thioether (sulfide) groups is 1. The molecule has 0 spiro atoms. The Hall–Kier alpha value is -1.84. The van der Waals surface area contributed by atoms with Gasteiger partial charge in [-0.05, 0) is 0 Å². The highest BCUT2D eigenvalue weighted by Gasteiger charge is 2.42. The molecular formula is C9H7F3N4O2S. The number of carbonyl (C=O) groups is 1. The number of alkyl halides is 3. The van der Waals surface area contributed by atoms with Crippen LogP contribution >= 0.6 is 11.8 Å². The van der Waals surface area contributed by atoms with Crippen molar-refractivity contribution in [1.82, 2.24) is 19.9 Å². The van der Waals surface area contributed by atoms with Gasteiger partial charge in [0.05, 0.1) is 12.7 Å². The molecule has 0 amide bonds. The maximum Gasteiger partial charge on any atom is 0.401 e. The molecule has 0 radical (unpaired) electrons. The van der Waals surface area contributed by atoms with Crippen LogP contribution < -0.4 is 0 Å². The lowest BCUT2D eigenvalue weighted by molar-refractivity contribution is -0.149. The molecule has 2 rings (SSSR count). The number of hydrogen-bond acceptors (Lipinski definition) is 5. The molecule has 19 heavy (non-hydrogen) atoms. The van der Waals surface area contributed by atoms with Crippen LogP contribution in [0.5, 0.6) is 0 Å². The van der Waals surface area contributed by atoms with Gasteiger partial charge in [-0.1, -0.05) is 11.8 Å². The summed E-state index contributed by atoms with van der Waals surface area (Å²) in [7, 11) is 0. The Labute approximate surface area is 108 Å². The Morgan fingerprint density at radius 3 is 2.79 bits per heavy atom. The van der Waals surface area contributed by atoms with E-state index in [4.69, 9.17) is 5.11 Å². The number of fused-ring (bicyclic) bond motifs is 1. The lowest BCUT2D eigenvalue weighted by atomic mass is 10.3. The van der Waals surface area contributed by atoms with E-state index in [0.29, 0.717) is 11.8 Å². The van der Waals surface area contributed by atoms with Gasteiger partial charge in [-0.3, -0.25) is 4.79 Å². The fourth-order valence-corrected chi connectivity index (χ4v) is 2.35. The summed E-state index contributed by atoms with van der Waals surface area (Å²) >= 11 is 0.330. The van der Waals surface area contributed by atoms with Gasteiger partial charge in [-0.15, -0.1) is 0 Å². The third kappa shape index (κ3) is 3.13. The summed E-state index contributed by atoms with van der Waals surface area (Å²) in [6, 6.07) is 0. The van der Waals surface area contributed by atoms with Crippen LogP contribution in [0.1, 0.15) is 6.42 Å². The van der Waals surface area contributed by atoms with Crippen LogP contribution in [0.4, 0.5) is 13.2 Å². The summed E-state index contributed by atoms with van der Waals surface area (Å²) in [5.74, 6) is -1.52. The number of nitrogens with one attached hydrogen (secondary N) is 1. The van der Waals surface area contributed by atoms with Crippen LogP contribution in [-0.2, 0) is 4.79 Å². The van der Waals surface area contributed by atoms with Gasteiger partial charge in [-0.25, -0.2) is 15.0 Å². The van der Waals surface area contributed by atoms with E-state index < -0.39 is 23.8 Å². The van der Waals surface area contributed by atoms with Crippen molar-refractivity contribution in [2.24, 2.45) is 0 Å². The standard InChI is InChI=1S/C9H7F3N4O2S/c10-9(11,12)4(1-5(17)18)19-8-6-7(14-2-13-6)15-3-16-8/h2-4H,1H2,(H,17,18)(H,13,14,15,16). The second-order valence-electron chi connectivity index (χ2n) is 3.53. The molecule has 6 nitrogen and oxygen atoms in total. The van der Waals surface area contributed by atoms with Crippen molar-refractivity contribution in [1.29, 1.82) is 0 Å². The molecule has 1 unspecified atom stereocenters. The predicted octanol–water partition coefficient (Wildman–Crippen LogP) is 1.85. The van der Waals surface area contributed by atoms with E-state index in [1.165, 1.54) is 6.33 Å². The average molecular weight is 292 g/mol. The second-order valence-corrected chi connectivity index (χ2v) is 4.72. The smallest absolute Gasteiger partial charge is 0.401 e. The fourth-order valence-electron chi connectivity index (χ4n) is 1.35. The van der Waals surface area contributed by atoms with Crippen LogP contribution in [0.25, 0.3) is 11.2 Å². The maximum absolute atomic E-state index is 12.7. The van der Waals surface area contributed by atoms with Crippen LogP contribution in [0.2, 0.25) is 0 Å². The minimum absolute atomic E-state index is 0.0195. The molecule has 2 aromatic rings. The van der Waals surface area contributed by atoms with Crippen molar-refractivity contribution < 1.29 is 23.1 Å². The zero-order valence-corrected chi connectivity index (χ0v) is 9.99. The molecule has 0 aliphatic carbocycles. The topological polar surface area (TPSA) is 91.8 Å². The summed E-state index contributed by atoms with van der Waals surface area (Å²) < 4.78 is 38.2. The molecular weight excluding hydrogens is 285 g/mol. The van der Waals surface area contributed by atoms with Crippen LogP contribution in [0.3, 0.4) is 0 Å². The number of halogens is 3. The van der Waals surface area contributed by atoms with Crippen molar-refractivity contribution in [3.05, 3.63) is 12.7 Å². The number of aromatic nitrogens is 4. The summed E-state index contributed by atoms with van der Waals surface area (Å²) in [4.78, 5) is 24.4. The fraction of sp³-hybridized carbons (Fsp3) is 0.333. The van der Waals surface area contributed by atoms with E-state index in [-0.39, 0.29) is 16.2 Å². The number of nitrogens with zero attached hydrogens (tertiary/aromatic N) is 3. The van der Waals surface area contributed by atoms with E-state index >= 15 is 0 Å². The lowest BCUT2D eigenvalue weighted by Gasteiger charge is -2.17. The summed E-state index contributed by atoms with van der Waals surface area (Å²) in [5, 5.41) is 6.47. The molecule has 2 N–H and O–H groups in total. The highest BCUT2D eigenvalue weighted by Crippen LogP contribution is 2.37. The molecule has 0 fully saturated rings. The maximum atomic E-state index is 12.7. The minimum Gasteiger partial charge on any atom is -0.481 e. The molecule has 10 heteroatoms. The van der Waals surface area contributed by atoms with Gasteiger partial charge in [0.15, 0.2) is 5.65 Å². The Kier molecular flexibility index (Phi) is 3.60. The number of H-pyrrole nitrogens is 1. The highest BCUT2D eigenvalue weighted by molar-refractivity contribution is 8.00. The van der Waals surface area contributed by atoms with E-state index in [1.807, 2.05) is 0 Å². The Balaban J connectivity index is 2.30. The summed E-state index contributed by atoms with van der Waals surface area (Å²) in [6.45, 7) is 0. The number of hydrogen-bond donors (Lipinski definition) is 2. The third-order valence-electron chi connectivity index (χ3n) is 2.17. The van der Waals surface area contributed by atoms with Crippen molar-refractivity contribution in [3.8, 4) is 0 Å². The van der Waals surface area contributed by atoms with E-state index in [9.17, 15) is 18.0 Å². The molecule has 0 aliphatic rings. The zero-order valence-electron chi connectivity index (χ0n) is 9.18. The summed E-state index contributed by atoms with van der Waals surface area (Å²) in [6.07, 6.45) is -3.31. The Bertz CT molecular complexity index is 600. The molecule has 0 aliphatic heterocycles. The van der Waals surface area contributed by atoms with Crippen LogP contribution in [0, 0.1) is 0 Å². The first-order valence-electron chi connectivity index (χ1n) is 4.97. The number of aliphatic carboxylic acids is 1. The molecule has 0 saturated carbocycles. The van der Waals surface area contributed by atoms with E-state index in [1.54, 1.807) is 0 Å². The SMILES string of the molecule is O=C(O)CC(Sc1ncnc2nc[nH]c12)C(F)(F)F. The molecule has 0 bridgehead atoms. The van der Waals surface area contributed by atoms with Gasteiger partial charge < -0.3 is 10.1 Å². The minimum atomic E-state index is -4.64. The first-order chi connectivity index (χ1) is 8.88.